The van der Waals surface area contributed by atoms with E-state index < -0.39 is 17.2 Å². The SMILES string of the molecule is O=C(O)CCc1ccccc1OCCOc1ccc(N(c2ccc(-c3ccccc3)cc2)S(=O)O)cc1. The van der Waals surface area contributed by atoms with Crippen LogP contribution in [0.15, 0.2) is 103 Å². The van der Waals surface area contributed by atoms with Crippen LogP contribution in [0.1, 0.15) is 12.0 Å². The molecule has 0 aliphatic heterocycles. The first-order chi connectivity index (χ1) is 18.0. The molecule has 2 N–H and O–H groups in total. The van der Waals surface area contributed by atoms with E-state index in [-0.39, 0.29) is 19.6 Å². The average molecular weight is 518 g/mol. The summed E-state index contributed by atoms with van der Waals surface area (Å²) in [6.45, 7) is 0.565. The smallest absolute Gasteiger partial charge is 0.303 e. The standard InChI is InChI=1S/C29H27NO6S/c31-29(32)19-12-24-8-4-5-9-28(24)36-21-20-35-27-17-15-26(16-18-27)30(37(33)34)25-13-10-23(11-14-25)22-6-2-1-3-7-22/h1-11,13-18H,12,19-21H2,(H,31,32)(H,33,34). The maximum atomic E-state index is 12.2. The number of rotatable bonds is 12. The van der Waals surface area contributed by atoms with Crippen LogP contribution in [0.2, 0.25) is 0 Å². The van der Waals surface area contributed by atoms with Crippen LogP contribution in [-0.4, -0.2) is 33.1 Å². The van der Waals surface area contributed by atoms with Gasteiger partial charge in [0.1, 0.15) is 24.7 Å². The zero-order valence-corrected chi connectivity index (χ0v) is 20.8. The number of hydrogen-bond donors (Lipinski definition) is 2. The summed E-state index contributed by atoms with van der Waals surface area (Å²) >= 11 is -2.26. The van der Waals surface area contributed by atoms with Gasteiger partial charge in [0.05, 0.1) is 11.4 Å². The Balaban J connectivity index is 1.35. The lowest BCUT2D eigenvalue weighted by atomic mass is 10.1. The molecule has 1 atom stereocenters. The Morgan fingerprint density at radius 1 is 0.730 bits per heavy atom. The minimum absolute atomic E-state index is 0.0377. The molecule has 1 unspecified atom stereocenters. The molecule has 0 amide bonds. The third kappa shape index (κ3) is 7.19. The molecule has 0 heterocycles. The number of ether oxygens (including phenoxy) is 2. The summed E-state index contributed by atoms with van der Waals surface area (Å²) in [7, 11) is 0. The Labute approximate surface area is 218 Å². The first-order valence-corrected chi connectivity index (χ1v) is 12.8. The van der Waals surface area contributed by atoms with Gasteiger partial charge in [-0.15, -0.1) is 0 Å². The monoisotopic (exact) mass is 517 g/mol. The van der Waals surface area contributed by atoms with E-state index in [2.05, 4.69) is 0 Å². The van der Waals surface area contributed by atoms with Gasteiger partial charge in [-0.3, -0.25) is 9.35 Å². The number of aliphatic carboxylic acids is 1. The molecule has 0 aliphatic carbocycles. The van der Waals surface area contributed by atoms with Crippen molar-refractivity contribution in [3.8, 4) is 22.6 Å². The molecule has 0 spiro atoms. The molecule has 8 heteroatoms. The second-order valence-corrected chi connectivity index (χ2v) is 8.96. The van der Waals surface area contributed by atoms with Crippen molar-refractivity contribution in [3.05, 3.63) is 109 Å². The van der Waals surface area contributed by atoms with Crippen molar-refractivity contribution < 1.29 is 28.1 Å². The number of carboxylic acid groups (broad SMARTS) is 1. The summed E-state index contributed by atoms with van der Waals surface area (Å²) in [4.78, 5) is 10.9. The maximum Gasteiger partial charge on any atom is 0.303 e. The van der Waals surface area contributed by atoms with E-state index in [1.807, 2.05) is 78.9 Å². The predicted molar refractivity (Wildman–Crippen MR) is 145 cm³/mol. The third-order valence-electron chi connectivity index (χ3n) is 5.63. The molecular weight excluding hydrogens is 490 g/mol. The van der Waals surface area contributed by atoms with Crippen molar-refractivity contribution in [2.75, 3.05) is 17.5 Å². The summed E-state index contributed by atoms with van der Waals surface area (Å²) < 4.78 is 35.0. The summed E-state index contributed by atoms with van der Waals surface area (Å²) in [6, 6.07) is 31.6. The van der Waals surface area contributed by atoms with Crippen molar-refractivity contribution in [1.82, 2.24) is 0 Å². The van der Waals surface area contributed by atoms with Gasteiger partial charge in [0.25, 0.3) is 11.3 Å². The zero-order valence-electron chi connectivity index (χ0n) is 20.0. The predicted octanol–water partition coefficient (Wildman–Crippen LogP) is 6.10. The molecule has 4 aromatic rings. The number of hydrogen-bond acceptors (Lipinski definition) is 4. The van der Waals surface area contributed by atoms with Crippen molar-refractivity contribution in [3.63, 3.8) is 0 Å². The van der Waals surface area contributed by atoms with Crippen LogP contribution >= 0.6 is 0 Å². The molecule has 0 radical (unpaired) electrons. The molecule has 0 aromatic heterocycles. The number of anilines is 2. The highest BCUT2D eigenvalue weighted by Crippen LogP contribution is 2.30. The van der Waals surface area contributed by atoms with E-state index >= 15 is 0 Å². The van der Waals surface area contributed by atoms with Crippen LogP contribution in [-0.2, 0) is 22.5 Å². The van der Waals surface area contributed by atoms with Gasteiger partial charge in [0.2, 0.25) is 0 Å². The first kappa shape index (κ1) is 25.9. The zero-order chi connectivity index (χ0) is 26.0. The van der Waals surface area contributed by atoms with Crippen LogP contribution < -0.4 is 13.8 Å². The third-order valence-corrected chi connectivity index (χ3v) is 6.36. The summed E-state index contributed by atoms with van der Waals surface area (Å²) in [5.74, 6) is 0.381. The molecule has 0 bridgehead atoms. The van der Waals surface area contributed by atoms with E-state index in [4.69, 9.17) is 14.6 Å². The van der Waals surface area contributed by atoms with E-state index in [0.717, 1.165) is 16.7 Å². The lowest BCUT2D eigenvalue weighted by Crippen LogP contribution is -2.19. The lowest BCUT2D eigenvalue weighted by molar-refractivity contribution is -0.136. The van der Waals surface area contributed by atoms with Gasteiger partial charge in [-0.05, 0) is 65.6 Å². The Hall–Kier alpha value is -4.14. The molecular formula is C29H27NO6S. The fourth-order valence-corrected chi connectivity index (χ4v) is 4.44. The van der Waals surface area contributed by atoms with E-state index in [1.54, 1.807) is 24.3 Å². The largest absolute Gasteiger partial charge is 0.490 e. The van der Waals surface area contributed by atoms with E-state index in [9.17, 15) is 13.6 Å². The van der Waals surface area contributed by atoms with Crippen LogP contribution in [0.5, 0.6) is 11.5 Å². The molecule has 0 saturated carbocycles. The van der Waals surface area contributed by atoms with Crippen LogP contribution in [0.4, 0.5) is 11.4 Å². The summed E-state index contributed by atoms with van der Waals surface area (Å²) in [6.07, 6.45) is 0.432. The average Bonchev–Trinajstić information content (AvgIpc) is 2.92. The molecule has 4 aromatic carbocycles. The van der Waals surface area contributed by atoms with Gasteiger partial charge in [0.15, 0.2) is 0 Å². The van der Waals surface area contributed by atoms with E-state index in [0.29, 0.717) is 29.3 Å². The second-order valence-electron chi connectivity index (χ2n) is 8.13. The molecule has 0 saturated heterocycles. The normalized spacial score (nSPS) is 11.5. The summed E-state index contributed by atoms with van der Waals surface area (Å²) in [5, 5.41) is 8.91. The van der Waals surface area contributed by atoms with E-state index in [1.165, 1.54) is 4.31 Å². The Bertz CT molecular complexity index is 1330. The van der Waals surface area contributed by atoms with Crippen LogP contribution in [0, 0.1) is 0 Å². The Morgan fingerprint density at radius 2 is 1.30 bits per heavy atom. The highest BCUT2D eigenvalue weighted by Gasteiger charge is 2.15. The van der Waals surface area contributed by atoms with Gasteiger partial charge in [-0.25, -0.2) is 8.51 Å². The molecule has 7 nitrogen and oxygen atoms in total. The van der Waals surface area contributed by atoms with Crippen molar-refractivity contribution in [1.29, 1.82) is 0 Å². The first-order valence-electron chi connectivity index (χ1n) is 11.7. The summed E-state index contributed by atoms with van der Waals surface area (Å²) in [5.41, 5.74) is 4.06. The number of carboxylic acids is 1. The fourth-order valence-electron chi connectivity index (χ4n) is 3.83. The number of para-hydroxylation sites is 1. The van der Waals surface area contributed by atoms with Gasteiger partial charge in [0, 0.05) is 6.42 Å². The maximum absolute atomic E-state index is 12.2. The van der Waals surface area contributed by atoms with Crippen LogP contribution in [0.3, 0.4) is 0 Å². The second kappa shape index (κ2) is 12.7. The Kier molecular flexibility index (Phi) is 8.91. The van der Waals surface area contributed by atoms with Gasteiger partial charge in [-0.2, -0.15) is 0 Å². The van der Waals surface area contributed by atoms with Crippen molar-refractivity contribution in [2.24, 2.45) is 0 Å². The molecule has 0 aliphatic rings. The molecule has 0 fully saturated rings. The van der Waals surface area contributed by atoms with Crippen molar-refractivity contribution >= 4 is 28.6 Å². The quantitative estimate of drug-likeness (QED) is 0.174. The fraction of sp³-hybridized carbons (Fsp3) is 0.138. The number of aryl methyl sites for hydroxylation is 1. The Morgan fingerprint density at radius 3 is 1.95 bits per heavy atom. The van der Waals surface area contributed by atoms with Gasteiger partial charge >= 0.3 is 5.97 Å². The topological polar surface area (TPSA) is 96.3 Å². The van der Waals surface area contributed by atoms with Gasteiger partial charge < -0.3 is 14.6 Å². The minimum atomic E-state index is -2.26. The van der Waals surface area contributed by atoms with Crippen LogP contribution in [0.25, 0.3) is 11.1 Å². The molecule has 190 valence electrons. The minimum Gasteiger partial charge on any atom is -0.490 e. The molecule has 4 rings (SSSR count). The number of benzene rings is 4. The lowest BCUT2D eigenvalue weighted by Gasteiger charge is -2.20. The number of nitrogens with zero attached hydrogens (tertiary/aromatic N) is 1. The van der Waals surface area contributed by atoms with Crippen molar-refractivity contribution in [2.45, 2.75) is 12.8 Å². The molecule has 37 heavy (non-hydrogen) atoms. The number of carbonyl (C=O) groups is 1. The highest BCUT2D eigenvalue weighted by molar-refractivity contribution is 7.81. The van der Waals surface area contributed by atoms with Gasteiger partial charge in [-0.1, -0.05) is 60.7 Å². The highest BCUT2D eigenvalue weighted by atomic mass is 32.2.